The molecule has 11 heteroatoms. The van der Waals surface area contributed by atoms with E-state index in [1.807, 2.05) is 37.3 Å². The molecule has 45 heavy (non-hydrogen) atoms. The van der Waals surface area contributed by atoms with Crippen LogP contribution in [0.5, 0.6) is 0 Å². The topological polar surface area (TPSA) is 86.8 Å². The van der Waals surface area contributed by atoms with Crippen LogP contribution in [0.4, 0.5) is 10.1 Å². The fraction of sp³-hybridized carbons (Fsp3) is 0.235. The van der Waals surface area contributed by atoms with Gasteiger partial charge in [-0.3, -0.25) is 13.9 Å². The lowest BCUT2D eigenvalue weighted by Gasteiger charge is -2.34. The highest BCUT2D eigenvalue weighted by Gasteiger charge is 2.34. The highest BCUT2D eigenvalue weighted by molar-refractivity contribution is 7.92. The number of unbranched alkanes of at least 4 members (excludes halogenated alkanes) is 1. The van der Waals surface area contributed by atoms with Gasteiger partial charge < -0.3 is 10.2 Å². The minimum absolute atomic E-state index is 0.0351. The standard InChI is InChI=1S/C34H34Cl2FN3O4S/c1-2-3-20-38-34(42)32(21-25-10-6-4-7-11-25)39(23-26-14-16-27(37)17-15-26)33(41)24-40(28-18-19-30(35)31(36)22-28)45(43,44)29-12-8-5-9-13-29/h4-19,22,32H,2-3,20-21,23-24H2,1H3,(H,38,42)/t32-/m1/s1. The molecule has 0 heterocycles. The van der Waals surface area contributed by atoms with E-state index in [1.54, 1.807) is 18.2 Å². The number of carbonyl (C=O) groups excluding carboxylic acids is 2. The second kappa shape index (κ2) is 15.9. The van der Waals surface area contributed by atoms with Crippen molar-refractivity contribution in [1.29, 1.82) is 0 Å². The molecular formula is C34H34Cl2FN3O4S. The fourth-order valence-corrected chi connectivity index (χ4v) is 6.45. The minimum Gasteiger partial charge on any atom is -0.354 e. The first-order chi connectivity index (χ1) is 21.6. The van der Waals surface area contributed by atoms with Gasteiger partial charge in [-0.15, -0.1) is 0 Å². The number of benzene rings is 4. The minimum atomic E-state index is -4.28. The number of carbonyl (C=O) groups is 2. The maximum atomic E-state index is 14.4. The summed E-state index contributed by atoms with van der Waals surface area (Å²) in [5.41, 5.74) is 1.50. The number of hydrogen-bond donors (Lipinski definition) is 1. The Morgan fingerprint density at radius 1 is 0.844 bits per heavy atom. The van der Waals surface area contributed by atoms with Crippen molar-refractivity contribution in [3.63, 3.8) is 0 Å². The predicted molar refractivity (Wildman–Crippen MR) is 176 cm³/mol. The third kappa shape index (κ3) is 9.06. The van der Waals surface area contributed by atoms with Gasteiger partial charge in [0.05, 0.1) is 20.6 Å². The van der Waals surface area contributed by atoms with Crippen molar-refractivity contribution in [1.82, 2.24) is 10.2 Å². The Labute approximate surface area is 273 Å². The van der Waals surface area contributed by atoms with E-state index in [1.165, 1.54) is 59.5 Å². The number of hydrogen-bond acceptors (Lipinski definition) is 4. The summed E-state index contributed by atoms with van der Waals surface area (Å²) in [5.74, 6) is -1.47. The molecule has 0 radical (unpaired) electrons. The summed E-state index contributed by atoms with van der Waals surface area (Å²) in [7, 11) is -4.28. The second-order valence-corrected chi connectivity index (χ2v) is 13.1. The van der Waals surface area contributed by atoms with E-state index in [9.17, 15) is 22.4 Å². The van der Waals surface area contributed by atoms with E-state index >= 15 is 0 Å². The summed E-state index contributed by atoms with van der Waals surface area (Å²) in [5, 5.41) is 3.26. The zero-order valence-corrected chi connectivity index (χ0v) is 27.0. The van der Waals surface area contributed by atoms with Crippen molar-refractivity contribution in [2.45, 2.75) is 43.7 Å². The smallest absolute Gasteiger partial charge is 0.264 e. The predicted octanol–water partition coefficient (Wildman–Crippen LogP) is 6.88. The average Bonchev–Trinajstić information content (AvgIpc) is 3.04. The SMILES string of the molecule is CCCCNC(=O)[C@@H](Cc1ccccc1)N(Cc1ccc(F)cc1)C(=O)CN(c1ccc(Cl)c(Cl)c1)S(=O)(=O)c1ccccc1. The molecule has 7 nitrogen and oxygen atoms in total. The van der Waals surface area contributed by atoms with Gasteiger partial charge in [-0.25, -0.2) is 12.8 Å². The number of anilines is 1. The molecule has 0 saturated carbocycles. The third-order valence-electron chi connectivity index (χ3n) is 7.17. The van der Waals surface area contributed by atoms with Crippen molar-refractivity contribution in [3.05, 3.63) is 130 Å². The van der Waals surface area contributed by atoms with Crippen LogP contribution in [0.3, 0.4) is 0 Å². The number of sulfonamides is 1. The van der Waals surface area contributed by atoms with Crippen molar-refractivity contribution in [2.75, 3.05) is 17.4 Å². The first-order valence-corrected chi connectivity index (χ1v) is 16.7. The second-order valence-electron chi connectivity index (χ2n) is 10.4. The summed E-state index contributed by atoms with van der Waals surface area (Å²) in [4.78, 5) is 29.5. The molecule has 236 valence electrons. The van der Waals surface area contributed by atoms with Gasteiger partial charge in [0.25, 0.3) is 10.0 Å². The van der Waals surface area contributed by atoms with Crippen molar-refractivity contribution in [3.8, 4) is 0 Å². The van der Waals surface area contributed by atoms with Crippen LogP contribution in [0.25, 0.3) is 0 Å². The first kappa shape index (κ1) is 34.0. The van der Waals surface area contributed by atoms with E-state index in [0.29, 0.717) is 12.1 Å². The van der Waals surface area contributed by atoms with Crippen molar-refractivity contribution in [2.24, 2.45) is 0 Å². The summed E-state index contributed by atoms with van der Waals surface area (Å²) in [6.45, 7) is 1.70. The summed E-state index contributed by atoms with van der Waals surface area (Å²) in [6.07, 6.45) is 1.78. The Morgan fingerprint density at radius 3 is 2.11 bits per heavy atom. The lowest BCUT2D eigenvalue weighted by molar-refractivity contribution is -0.140. The van der Waals surface area contributed by atoms with Crippen LogP contribution in [-0.4, -0.2) is 44.3 Å². The maximum Gasteiger partial charge on any atom is 0.264 e. The molecule has 0 fully saturated rings. The van der Waals surface area contributed by atoms with Crippen molar-refractivity contribution < 1.29 is 22.4 Å². The molecule has 1 N–H and O–H groups in total. The molecule has 0 bridgehead atoms. The molecular weight excluding hydrogens is 636 g/mol. The normalized spacial score (nSPS) is 11.9. The Balaban J connectivity index is 1.79. The molecule has 2 amide bonds. The third-order valence-corrected chi connectivity index (χ3v) is 9.70. The summed E-state index contributed by atoms with van der Waals surface area (Å²) in [6, 6.07) is 25.8. The van der Waals surface area contributed by atoms with Gasteiger partial charge in [0.15, 0.2) is 0 Å². The lowest BCUT2D eigenvalue weighted by Crippen LogP contribution is -2.53. The van der Waals surface area contributed by atoms with E-state index in [4.69, 9.17) is 23.2 Å². The molecule has 0 aliphatic heterocycles. The summed E-state index contributed by atoms with van der Waals surface area (Å²) >= 11 is 12.4. The van der Waals surface area contributed by atoms with Crippen molar-refractivity contribution >= 4 is 50.7 Å². The number of nitrogens with zero attached hydrogens (tertiary/aromatic N) is 2. The Morgan fingerprint density at radius 2 is 1.49 bits per heavy atom. The van der Waals surface area contributed by atoms with Crippen LogP contribution in [0.15, 0.2) is 108 Å². The van der Waals surface area contributed by atoms with Gasteiger partial charge in [-0.05, 0) is 60.0 Å². The molecule has 0 aromatic heterocycles. The van der Waals surface area contributed by atoms with Gasteiger partial charge in [-0.1, -0.05) is 97.2 Å². The van der Waals surface area contributed by atoms with E-state index in [2.05, 4.69) is 5.32 Å². The molecule has 0 spiro atoms. The van der Waals surface area contributed by atoms with Gasteiger partial charge >= 0.3 is 0 Å². The zero-order valence-electron chi connectivity index (χ0n) is 24.7. The van der Waals surface area contributed by atoms with Crippen LogP contribution < -0.4 is 9.62 Å². The van der Waals surface area contributed by atoms with Gasteiger partial charge in [-0.2, -0.15) is 0 Å². The molecule has 0 aliphatic rings. The average molecular weight is 671 g/mol. The van der Waals surface area contributed by atoms with Gasteiger partial charge in [0.1, 0.15) is 18.4 Å². The van der Waals surface area contributed by atoms with E-state index in [-0.39, 0.29) is 39.5 Å². The highest BCUT2D eigenvalue weighted by atomic mass is 35.5. The number of rotatable bonds is 14. The Kier molecular flexibility index (Phi) is 12.0. The molecule has 0 unspecified atom stereocenters. The zero-order chi connectivity index (χ0) is 32.4. The number of nitrogens with one attached hydrogen (secondary N) is 1. The van der Waals surface area contributed by atoms with Crippen LogP contribution in [0.2, 0.25) is 10.0 Å². The summed E-state index contributed by atoms with van der Waals surface area (Å²) < 4.78 is 42.8. The Bertz CT molecular complexity index is 1690. The monoisotopic (exact) mass is 669 g/mol. The quantitative estimate of drug-likeness (QED) is 0.148. The molecule has 1 atom stereocenters. The largest absolute Gasteiger partial charge is 0.354 e. The Hall–Kier alpha value is -3.92. The first-order valence-electron chi connectivity index (χ1n) is 14.5. The van der Waals surface area contributed by atoms with Gasteiger partial charge in [0, 0.05) is 19.5 Å². The highest BCUT2D eigenvalue weighted by Crippen LogP contribution is 2.31. The molecule has 4 aromatic rings. The number of halogens is 3. The molecule has 0 aliphatic carbocycles. The molecule has 4 aromatic carbocycles. The van der Waals surface area contributed by atoms with E-state index in [0.717, 1.165) is 22.7 Å². The van der Waals surface area contributed by atoms with Crippen LogP contribution >= 0.6 is 23.2 Å². The number of amides is 2. The molecule has 4 rings (SSSR count). The lowest BCUT2D eigenvalue weighted by atomic mass is 10.0. The van der Waals surface area contributed by atoms with Crippen LogP contribution in [-0.2, 0) is 32.6 Å². The van der Waals surface area contributed by atoms with Crippen LogP contribution in [0, 0.1) is 5.82 Å². The maximum absolute atomic E-state index is 14.4. The van der Waals surface area contributed by atoms with Gasteiger partial charge in [0.2, 0.25) is 11.8 Å². The van der Waals surface area contributed by atoms with E-state index < -0.39 is 34.3 Å². The molecule has 0 saturated heterocycles. The van der Waals surface area contributed by atoms with Crippen LogP contribution in [0.1, 0.15) is 30.9 Å². The fourth-order valence-electron chi connectivity index (χ4n) is 4.74.